The lowest BCUT2D eigenvalue weighted by Crippen LogP contribution is -2.24. The van der Waals surface area contributed by atoms with Crippen molar-refractivity contribution in [1.29, 1.82) is 0 Å². The van der Waals surface area contributed by atoms with Crippen molar-refractivity contribution in [3.8, 4) is 11.1 Å². The van der Waals surface area contributed by atoms with Crippen LogP contribution in [-0.2, 0) is 6.54 Å². The van der Waals surface area contributed by atoms with E-state index >= 15 is 0 Å². The van der Waals surface area contributed by atoms with E-state index in [1.807, 2.05) is 11.3 Å². The quantitative estimate of drug-likeness (QED) is 0.741. The van der Waals surface area contributed by atoms with E-state index in [0.29, 0.717) is 6.04 Å². The van der Waals surface area contributed by atoms with Gasteiger partial charge in [-0.1, -0.05) is 50.1 Å². The predicted molar refractivity (Wildman–Crippen MR) is 85.6 cm³/mol. The lowest BCUT2D eigenvalue weighted by atomic mass is 10.1. The van der Waals surface area contributed by atoms with Crippen LogP contribution in [0.15, 0.2) is 41.8 Å². The second kappa shape index (κ2) is 7.46. The molecule has 1 heterocycles. The van der Waals surface area contributed by atoms with Gasteiger partial charge in [-0.2, -0.15) is 0 Å². The van der Waals surface area contributed by atoms with Crippen LogP contribution in [0.4, 0.5) is 0 Å². The summed E-state index contributed by atoms with van der Waals surface area (Å²) in [5, 5.41) is 5.86. The summed E-state index contributed by atoms with van der Waals surface area (Å²) in [6.07, 6.45) is 3.87. The second-order valence-corrected chi connectivity index (χ2v) is 6.09. The number of rotatable bonds is 7. The molecule has 0 amide bonds. The highest BCUT2D eigenvalue weighted by molar-refractivity contribution is 7.10. The number of unbranched alkanes of at least 4 members (excludes halogenated alkanes) is 1. The Morgan fingerprint density at radius 3 is 2.68 bits per heavy atom. The van der Waals surface area contributed by atoms with Crippen LogP contribution in [-0.4, -0.2) is 6.04 Å². The largest absolute Gasteiger partial charge is 0.309 e. The van der Waals surface area contributed by atoms with Crippen molar-refractivity contribution < 1.29 is 0 Å². The Labute approximate surface area is 120 Å². The molecule has 0 saturated carbocycles. The standard InChI is InChI=1S/C17H23NS/c1-3-4-8-14(2)18-12-17-11-16(13-19-17)15-9-6-5-7-10-15/h5-7,9-11,13-14,18H,3-4,8,12H2,1-2H3. The molecule has 0 fully saturated rings. The van der Waals surface area contributed by atoms with Gasteiger partial charge in [-0.15, -0.1) is 11.3 Å². The van der Waals surface area contributed by atoms with Crippen LogP contribution in [0.1, 0.15) is 38.0 Å². The Morgan fingerprint density at radius 2 is 1.95 bits per heavy atom. The first-order valence-corrected chi connectivity index (χ1v) is 8.03. The summed E-state index contributed by atoms with van der Waals surface area (Å²) in [7, 11) is 0. The zero-order valence-corrected chi connectivity index (χ0v) is 12.7. The molecule has 1 aromatic heterocycles. The average molecular weight is 273 g/mol. The summed E-state index contributed by atoms with van der Waals surface area (Å²) in [6, 6.07) is 13.5. The van der Waals surface area contributed by atoms with Gasteiger partial charge in [0, 0.05) is 17.5 Å². The van der Waals surface area contributed by atoms with Crippen molar-refractivity contribution in [2.75, 3.05) is 0 Å². The first kappa shape index (κ1) is 14.3. The van der Waals surface area contributed by atoms with E-state index in [2.05, 4.69) is 60.9 Å². The van der Waals surface area contributed by atoms with Crippen LogP contribution in [0.25, 0.3) is 11.1 Å². The normalized spacial score (nSPS) is 12.5. The van der Waals surface area contributed by atoms with Gasteiger partial charge in [0.2, 0.25) is 0 Å². The van der Waals surface area contributed by atoms with Gasteiger partial charge in [-0.05, 0) is 35.9 Å². The third-order valence-electron chi connectivity index (χ3n) is 3.38. The summed E-state index contributed by atoms with van der Waals surface area (Å²) in [5.74, 6) is 0. The summed E-state index contributed by atoms with van der Waals surface area (Å²) >= 11 is 1.85. The molecule has 0 spiro atoms. The third-order valence-corrected chi connectivity index (χ3v) is 4.31. The molecule has 0 aliphatic heterocycles. The Hall–Kier alpha value is -1.12. The number of thiophene rings is 1. The zero-order chi connectivity index (χ0) is 13.5. The lowest BCUT2D eigenvalue weighted by molar-refractivity contribution is 0.497. The van der Waals surface area contributed by atoms with Crippen molar-refractivity contribution >= 4 is 11.3 Å². The summed E-state index contributed by atoms with van der Waals surface area (Å²) in [5.41, 5.74) is 2.65. The van der Waals surface area contributed by atoms with E-state index < -0.39 is 0 Å². The number of hydrogen-bond acceptors (Lipinski definition) is 2. The predicted octanol–water partition coefficient (Wildman–Crippen LogP) is 5.08. The molecule has 0 saturated heterocycles. The van der Waals surface area contributed by atoms with Crippen LogP contribution in [0, 0.1) is 0 Å². The third kappa shape index (κ3) is 4.48. The minimum Gasteiger partial charge on any atom is -0.309 e. The first-order chi connectivity index (χ1) is 9.29. The summed E-state index contributed by atoms with van der Waals surface area (Å²) < 4.78 is 0. The van der Waals surface area contributed by atoms with E-state index in [0.717, 1.165) is 6.54 Å². The molecule has 0 aliphatic carbocycles. The fourth-order valence-electron chi connectivity index (χ4n) is 2.14. The van der Waals surface area contributed by atoms with Crippen LogP contribution in [0.3, 0.4) is 0 Å². The molecule has 2 aromatic rings. The van der Waals surface area contributed by atoms with Crippen LogP contribution < -0.4 is 5.32 Å². The fraction of sp³-hybridized carbons (Fsp3) is 0.412. The molecule has 1 aromatic carbocycles. The summed E-state index contributed by atoms with van der Waals surface area (Å²) in [6.45, 7) is 5.52. The zero-order valence-electron chi connectivity index (χ0n) is 11.9. The first-order valence-electron chi connectivity index (χ1n) is 7.16. The van der Waals surface area contributed by atoms with Gasteiger partial charge in [0.05, 0.1) is 0 Å². The Morgan fingerprint density at radius 1 is 1.16 bits per heavy atom. The van der Waals surface area contributed by atoms with Crippen molar-refractivity contribution in [1.82, 2.24) is 5.32 Å². The molecule has 102 valence electrons. The molecule has 2 rings (SSSR count). The molecule has 19 heavy (non-hydrogen) atoms. The van der Waals surface area contributed by atoms with E-state index in [1.54, 1.807) is 0 Å². The molecular formula is C17H23NS. The molecule has 0 bridgehead atoms. The molecule has 0 aliphatic rings. The minimum atomic E-state index is 0.613. The minimum absolute atomic E-state index is 0.613. The van der Waals surface area contributed by atoms with Gasteiger partial charge in [-0.25, -0.2) is 0 Å². The van der Waals surface area contributed by atoms with Gasteiger partial charge in [-0.3, -0.25) is 0 Å². The van der Waals surface area contributed by atoms with Gasteiger partial charge >= 0.3 is 0 Å². The maximum Gasteiger partial charge on any atom is 0.0302 e. The highest BCUT2D eigenvalue weighted by Crippen LogP contribution is 2.25. The van der Waals surface area contributed by atoms with Gasteiger partial charge < -0.3 is 5.32 Å². The Bertz CT molecular complexity index is 475. The van der Waals surface area contributed by atoms with E-state index in [1.165, 1.54) is 35.3 Å². The molecule has 2 heteroatoms. The highest BCUT2D eigenvalue weighted by Gasteiger charge is 2.04. The summed E-state index contributed by atoms with van der Waals surface area (Å²) in [4.78, 5) is 1.42. The average Bonchev–Trinajstić information content (AvgIpc) is 2.93. The number of benzene rings is 1. The van der Waals surface area contributed by atoms with Crippen molar-refractivity contribution in [2.24, 2.45) is 0 Å². The Kier molecular flexibility index (Phi) is 5.62. The smallest absolute Gasteiger partial charge is 0.0302 e. The van der Waals surface area contributed by atoms with Crippen molar-refractivity contribution in [2.45, 2.75) is 45.7 Å². The van der Waals surface area contributed by atoms with Gasteiger partial charge in [0.25, 0.3) is 0 Å². The van der Waals surface area contributed by atoms with Gasteiger partial charge in [0.15, 0.2) is 0 Å². The highest BCUT2D eigenvalue weighted by atomic mass is 32.1. The fourth-order valence-corrected chi connectivity index (χ4v) is 2.99. The lowest BCUT2D eigenvalue weighted by Gasteiger charge is -2.11. The molecule has 1 nitrogen and oxygen atoms in total. The maximum absolute atomic E-state index is 3.61. The van der Waals surface area contributed by atoms with E-state index in [4.69, 9.17) is 0 Å². The van der Waals surface area contributed by atoms with E-state index in [9.17, 15) is 0 Å². The van der Waals surface area contributed by atoms with Crippen LogP contribution in [0.2, 0.25) is 0 Å². The topological polar surface area (TPSA) is 12.0 Å². The SMILES string of the molecule is CCCCC(C)NCc1cc(-c2ccccc2)cs1. The molecule has 1 unspecified atom stereocenters. The van der Waals surface area contributed by atoms with Crippen LogP contribution >= 0.6 is 11.3 Å². The van der Waals surface area contributed by atoms with Crippen molar-refractivity contribution in [3.05, 3.63) is 46.7 Å². The molecule has 1 N–H and O–H groups in total. The molecular weight excluding hydrogens is 250 g/mol. The van der Waals surface area contributed by atoms with Gasteiger partial charge in [0.1, 0.15) is 0 Å². The molecule has 0 radical (unpaired) electrons. The van der Waals surface area contributed by atoms with Crippen molar-refractivity contribution in [3.63, 3.8) is 0 Å². The molecule has 1 atom stereocenters. The number of nitrogens with one attached hydrogen (secondary N) is 1. The Balaban J connectivity index is 1.88. The number of hydrogen-bond donors (Lipinski definition) is 1. The van der Waals surface area contributed by atoms with Crippen LogP contribution in [0.5, 0.6) is 0 Å². The maximum atomic E-state index is 3.61. The monoisotopic (exact) mass is 273 g/mol. The second-order valence-electron chi connectivity index (χ2n) is 5.09. The van der Waals surface area contributed by atoms with E-state index in [-0.39, 0.29) is 0 Å².